The van der Waals surface area contributed by atoms with Crippen LogP contribution in [0, 0.1) is 0 Å². The number of thiophene rings is 1. The van der Waals surface area contributed by atoms with Gasteiger partial charge in [0, 0.05) is 16.1 Å². The standard InChI is InChI=1S/C24H22N4O3S2/c1-17(20-13-8-14-32-20)25-21(29)15-31-22(30)16-33-24-27-26-23(18-9-4-2-5-10-18)28(24)19-11-6-3-7-12-19/h2-14,17H,15-16H2,1H3,(H,25,29). The van der Waals surface area contributed by atoms with Crippen molar-refractivity contribution in [3.8, 4) is 17.1 Å². The Balaban J connectivity index is 1.38. The molecule has 168 valence electrons. The van der Waals surface area contributed by atoms with Crippen LogP contribution in [0.3, 0.4) is 0 Å². The second-order valence-electron chi connectivity index (χ2n) is 7.10. The van der Waals surface area contributed by atoms with Crippen LogP contribution in [-0.2, 0) is 14.3 Å². The molecule has 0 aliphatic heterocycles. The second-order valence-corrected chi connectivity index (χ2v) is 9.02. The summed E-state index contributed by atoms with van der Waals surface area (Å²) in [7, 11) is 0. The quantitative estimate of drug-likeness (QED) is 0.281. The van der Waals surface area contributed by atoms with Crippen molar-refractivity contribution in [2.75, 3.05) is 12.4 Å². The summed E-state index contributed by atoms with van der Waals surface area (Å²) in [5, 5.41) is 14.0. The van der Waals surface area contributed by atoms with Crippen molar-refractivity contribution in [2.24, 2.45) is 0 Å². The highest BCUT2D eigenvalue weighted by Crippen LogP contribution is 2.27. The van der Waals surface area contributed by atoms with Crippen LogP contribution >= 0.6 is 23.1 Å². The van der Waals surface area contributed by atoms with Crippen molar-refractivity contribution < 1.29 is 14.3 Å². The number of esters is 1. The predicted octanol–water partition coefficient (Wildman–Crippen LogP) is 4.51. The largest absolute Gasteiger partial charge is 0.455 e. The third-order valence-corrected chi connectivity index (χ3v) is 6.67. The van der Waals surface area contributed by atoms with Crippen LogP contribution < -0.4 is 5.32 Å². The summed E-state index contributed by atoms with van der Waals surface area (Å²) < 4.78 is 7.06. The maximum atomic E-state index is 12.3. The molecule has 0 radical (unpaired) electrons. The van der Waals surface area contributed by atoms with Crippen LogP contribution in [0.1, 0.15) is 17.8 Å². The number of rotatable bonds is 9. The zero-order valence-electron chi connectivity index (χ0n) is 17.9. The third-order valence-electron chi connectivity index (χ3n) is 4.71. The molecule has 9 heteroatoms. The molecule has 4 aromatic rings. The van der Waals surface area contributed by atoms with Gasteiger partial charge in [-0.15, -0.1) is 21.5 Å². The number of aromatic nitrogens is 3. The monoisotopic (exact) mass is 478 g/mol. The molecule has 33 heavy (non-hydrogen) atoms. The number of nitrogens with one attached hydrogen (secondary N) is 1. The number of ether oxygens (including phenoxy) is 1. The molecule has 0 spiro atoms. The zero-order chi connectivity index (χ0) is 23.0. The van der Waals surface area contributed by atoms with Gasteiger partial charge in [0.05, 0.1) is 11.8 Å². The molecule has 1 N–H and O–H groups in total. The van der Waals surface area contributed by atoms with Crippen LogP contribution in [0.4, 0.5) is 0 Å². The Labute approximate surface area is 199 Å². The smallest absolute Gasteiger partial charge is 0.316 e. The maximum absolute atomic E-state index is 12.3. The normalized spacial score (nSPS) is 11.7. The van der Waals surface area contributed by atoms with E-state index in [9.17, 15) is 9.59 Å². The van der Waals surface area contributed by atoms with Gasteiger partial charge in [0.25, 0.3) is 5.91 Å². The fraction of sp³-hybridized carbons (Fsp3) is 0.167. The van der Waals surface area contributed by atoms with Gasteiger partial charge in [-0.3, -0.25) is 14.2 Å². The minimum absolute atomic E-state index is 0.00746. The minimum Gasteiger partial charge on any atom is -0.455 e. The molecular weight excluding hydrogens is 456 g/mol. The number of amides is 1. The predicted molar refractivity (Wildman–Crippen MR) is 129 cm³/mol. The van der Waals surface area contributed by atoms with Crippen molar-refractivity contribution in [1.29, 1.82) is 0 Å². The number of para-hydroxylation sites is 1. The average molecular weight is 479 g/mol. The van der Waals surface area contributed by atoms with Crippen molar-refractivity contribution >= 4 is 35.0 Å². The molecule has 0 saturated heterocycles. The Morgan fingerprint density at radius 1 is 1.03 bits per heavy atom. The van der Waals surface area contributed by atoms with E-state index in [1.54, 1.807) is 11.3 Å². The van der Waals surface area contributed by atoms with Crippen molar-refractivity contribution in [3.63, 3.8) is 0 Å². The molecule has 4 rings (SSSR count). The van der Waals surface area contributed by atoms with E-state index < -0.39 is 5.97 Å². The Bertz CT molecular complexity index is 1200. The summed E-state index contributed by atoms with van der Waals surface area (Å²) in [6, 6.07) is 23.2. The van der Waals surface area contributed by atoms with Gasteiger partial charge in [0.2, 0.25) is 0 Å². The summed E-state index contributed by atoms with van der Waals surface area (Å²) >= 11 is 2.78. The first-order chi connectivity index (χ1) is 16.1. The molecule has 0 aliphatic rings. The van der Waals surface area contributed by atoms with Gasteiger partial charge in [-0.25, -0.2) is 0 Å². The maximum Gasteiger partial charge on any atom is 0.316 e. The molecule has 2 aromatic heterocycles. The number of nitrogens with zero attached hydrogens (tertiary/aromatic N) is 3. The third kappa shape index (κ3) is 5.88. The molecule has 2 heterocycles. The Hall–Kier alpha value is -3.43. The lowest BCUT2D eigenvalue weighted by atomic mass is 10.2. The topological polar surface area (TPSA) is 86.1 Å². The highest BCUT2D eigenvalue weighted by molar-refractivity contribution is 7.99. The van der Waals surface area contributed by atoms with Crippen molar-refractivity contribution in [1.82, 2.24) is 20.1 Å². The number of thioether (sulfide) groups is 1. The van der Waals surface area contributed by atoms with Gasteiger partial charge in [-0.05, 0) is 30.5 Å². The van der Waals surface area contributed by atoms with E-state index in [4.69, 9.17) is 4.74 Å². The minimum atomic E-state index is -0.497. The van der Waals surface area contributed by atoms with E-state index in [2.05, 4.69) is 15.5 Å². The van der Waals surface area contributed by atoms with Crippen LogP contribution in [-0.4, -0.2) is 39.0 Å². The average Bonchev–Trinajstić information content (AvgIpc) is 3.53. The number of benzene rings is 2. The summed E-state index contributed by atoms with van der Waals surface area (Å²) in [6.45, 7) is 1.57. The van der Waals surface area contributed by atoms with E-state index in [0.717, 1.165) is 16.1 Å². The number of carbonyl (C=O) groups is 2. The number of hydrogen-bond donors (Lipinski definition) is 1. The van der Waals surface area contributed by atoms with Gasteiger partial charge in [-0.1, -0.05) is 66.4 Å². The highest BCUT2D eigenvalue weighted by Gasteiger charge is 2.18. The van der Waals surface area contributed by atoms with E-state index in [1.165, 1.54) is 11.8 Å². The molecule has 0 aliphatic carbocycles. The molecule has 2 aromatic carbocycles. The molecule has 1 atom stereocenters. The first-order valence-electron chi connectivity index (χ1n) is 10.3. The van der Waals surface area contributed by atoms with E-state index in [0.29, 0.717) is 11.0 Å². The lowest BCUT2D eigenvalue weighted by Gasteiger charge is -2.12. The summed E-state index contributed by atoms with van der Waals surface area (Å²) in [5.41, 5.74) is 1.80. The van der Waals surface area contributed by atoms with Crippen molar-refractivity contribution in [2.45, 2.75) is 18.1 Å². The lowest BCUT2D eigenvalue weighted by Crippen LogP contribution is -2.31. The molecule has 0 bridgehead atoms. The van der Waals surface area contributed by atoms with Crippen LogP contribution in [0.5, 0.6) is 0 Å². The van der Waals surface area contributed by atoms with Gasteiger partial charge >= 0.3 is 5.97 Å². The second kappa shape index (κ2) is 10.9. The number of carbonyl (C=O) groups excluding carboxylic acids is 2. The van der Waals surface area contributed by atoms with Crippen LogP contribution in [0.15, 0.2) is 83.3 Å². The Morgan fingerprint density at radius 3 is 2.45 bits per heavy atom. The molecule has 7 nitrogen and oxygen atoms in total. The molecule has 0 saturated carbocycles. The van der Waals surface area contributed by atoms with Gasteiger partial charge < -0.3 is 10.1 Å². The van der Waals surface area contributed by atoms with Gasteiger partial charge in [0.1, 0.15) is 0 Å². The van der Waals surface area contributed by atoms with E-state index in [1.807, 2.05) is 89.7 Å². The van der Waals surface area contributed by atoms with Gasteiger partial charge in [-0.2, -0.15) is 0 Å². The summed E-state index contributed by atoms with van der Waals surface area (Å²) in [6.07, 6.45) is 0. The first kappa shape index (κ1) is 22.8. The Morgan fingerprint density at radius 2 is 1.76 bits per heavy atom. The highest BCUT2D eigenvalue weighted by atomic mass is 32.2. The van der Waals surface area contributed by atoms with E-state index in [-0.39, 0.29) is 24.3 Å². The summed E-state index contributed by atoms with van der Waals surface area (Å²) in [5.74, 6) is -0.150. The van der Waals surface area contributed by atoms with Crippen LogP contribution in [0.25, 0.3) is 17.1 Å². The fourth-order valence-corrected chi connectivity index (χ4v) is 4.63. The van der Waals surface area contributed by atoms with Gasteiger partial charge in [0.15, 0.2) is 17.6 Å². The molecular formula is C24H22N4O3S2. The zero-order valence-corrected chi connectivity index (χ0v) is 19.5. The first-order valence-corrected chi connectivity index (χ1v) is 12.2. The SMILES string of the molecule is CC(NC(=O)COC(=O)CSc1nnc(-c2ccccc2)n1-c1ccccc1)c1cccs1. The summed E-state index contributed by atoms with van der Waals surface area (Å²) in [4.78, 5) is 25.4. The Kier molecular flexibility index (Phi) is 7.54. The lowest BCUT2D eigenvalue weighted by molar-refractivity contribution is -0.146. The molecule has 1 unspecified atom stereocenters. The van der Waals surface area contributed by atoms with Crippen LogP contribution in [0.2, 0.25) is 0 Å². The molecule has 1 amide bonds. The molecule has 0 fully saturated rings. The van der Waals surface area contributed by atoms with E-state index >= 15 is 0 Å². The fourth-order valence-electron chi connectivity index (χ4n) is 3.15. The number of hydrogen-bond acceptors (Lipinski definition) is 7. The van der Waals surface area contributed by atoms with Crippen molar-refractivity contribution in [3.05, 3.63) is 83.1 Å².